The summed E-state index contributed by atoms with van der Waals surface area (Å²) in [4.78, 5) is 31.1. The lowest BCUT2D eigenvalue weighted by atomic mass is 10.1. The number of aromatic nitrogens is 4. The first-order chi connectivity index (χ1) is 18.2. The van der Waals surface area contributed by atoms with Crippen molar-refractivity contribution in [1.82, 2.24) is 19.5 Å². The van der Waals surface area contributed by atoms with Crippen LogP contribution in [0.15, 0.2) is 66.5 Å². The van der Waals surface area contributed by atoms with Crippen molar-refractivity contribution in [2.24, 2.45) is 11.4 Å². The van der Waals surface area contributed by atoms with Gasteiger partial charge in [0.1, 0.15) is 10.5 Å². The fourth-order valence-electron chi connectivity index (χ4n) is 4.06. The molecule has 0 amide bonds. The van der Waals surface area contributed by atoms with Gasteiger partial charge in [-0.2, -0.15) is 4.98 Å². The Morgan fingerprint density at radius 3 is 2.82 bits per heavy atom. The molecule has 1 aliphatic rings. The van der Waals surface area contributed by atoms with Crippen LogP contribution in [0.5, 0.6) is 0 Å². The Balaban J connectivity index is 1.35. The molecule has 0 aliphatic heterocycles. The number of para-hydroxylation sites is 1. The van der Waals surface area contributed by atoms with Crippen molar-refractivity contribution in [3.8, 4) is 0 Å². The Labute approximate surface area is 224 Å². The van der Waals surface area contributed by atoms with Gasteiger partial charge in [-0.1, -0.05) is 48.2 Å². The van der Waals surface area contributed by atoms with Crippen LogP contribution in [0.3, 0.4) is 0 Å². The number of thioether (sulfide) groups is 1. The Hall–Kier alpha value is -3.22. The summed E-state index contributed by atoms with van der Waals surface area (Å²) in [5, 5.41) is 2.02. The van der Waals surface area contributed by atoms with Gasteiger partial charge in [0.25, 0.3) is 0 Å². The third-order valence-electron chi connectivity index (χ3n) is 5.84. The zero-order chi connectivity index (χ0) is 27.3. The van der Waals surface area contributed by atoms with Crippen molar-refractivity contribution in [3.05, 3.63) is 61.5 Å². The van der Waals surface area contributed by atoms with Gasteiger partial charge in [0.05, 0.1) is 31.8 Å². The first-order valence-corrected chi connectivity index (χ1v) is 14.4. The number of benzene rings is 1. The van der Waals surface area contributed by atoms with Gasteiger partial charge in [0.2, 0.25) is 5.95 Å². The summed E-state index contributed by atoms with van der Waals surface area (Å²) in [5.74, 6) is -0.140. The van der Waals surface area contributed by atoms with E-state index >= 15 is 0 Å². The van der Waals surface area contributed by atoms with E-state index in [1.807, 2.05) is 22.8 Å². The Morgan fingerprint density at radius 1 is 1.34 bits per heavy atom. The Bertz CT molecular complexity index is 1370. The van der Waals surface area contributed by atoms with Crippen LogP contribution >= 0.6 is 19.5 Å². The van der Waals surface area contributed by atoms with E-state index in [4.69, 9.17) is 25.1 Å². The molecule has 4 atom stereocenters. The molecule has 12 nitrogen and oxygen atoms in total. The SMILES string of the molecule is C=CCSc1nc(N)nc2c1ncn2[C@H]1C=C[C@@H](COP(N)(=O)OC(=O)[C@H](C)N(OC)c2ccccc2)C1. The van der Waals surface area contributed by atoms with E-state index in [-0.39, 0.29) is 24.5 Å². The lowest BCUT2D eigenvalue weighted by Crippen LogP contribution is -2.39. The molecule has 0 saturated heterocycles. The number of carbonyl (C=O) groups excluding carboxylic acids is 1. The van der Waals surface area contributed by atoms with Gasteiger partial charge < -0.3 is 14.8 Å². The van der Waals surface area contributed by atoms with Crippen molar-refractivity contribution in [2.45, 2.75) is 30.5 Å². The van der Waals surface area contributed by atoms with Gasteiger partial charge in [0.15, 0.2) is 11.7 Å². The molecule has 4 rings (SSSR count). The maximum Gasteiger partial charge on any atom is 0.458 e. The summed E-state index contributed by atoms with van der Waals surface area (Å²) in [6.45, 7) is 5.28. The van der Waals surface area contributed by atoms with Crippen LogP contribution in [-0.2, 0) is 23.2 Å². The van der Waals surface area contributed by atoms with Gasteiger partial charge in [-0.05, 0) is 25.5 Å². The largest absolute Gasteiger partial charge is 0.458 e. The average Bonchev–Trinajstić information content (AvgIpc) is 3.54. The number of carbonyl (C=O) groups is 1. The number of nitrogens with two attached hydrogens (primary N) is 2. The monoisotopic (exact) mass is 559 g/mol. The van der Waals surface area contributed by atoms with E-state index < -0.39 is 19.8 Å². The lowest BCUT2D eigenvalue weighted by Gasteiger charge is -2.27. The van der Waals surface area contributed by atoms with Gasteiger partial charge in [0, 0.05) is 11.7 Å². The minimum atomic E-state index is -4.17. The highest BCUT2D eigenvalue weighted by atomic mass is 32.2. The molecular weight excluding hydrogens is 529 g/mol. The normalized spacial score (nSPS) is 19.2. The minimum absolute atomic E-state index is 0.000689. The Morgan fingerprint density at radius 2 is 2.11 bits per heavy atom. The lowest BCUT2D eigenvalue weighted by molar-refractivity contribution is -0.138. The number of imidazole rings is 1. The molecule has 0 saturated carbocycles. The summed E-state index contributed by atoms with van der Waals surface area (Å²) in [6.07, 6.45) is 8.00. The second-order valence-corrected chi connectivity index (χ2v) is 11.1. The van der Waals surface area contributed by atoms with Gasteiger partial charge in [-0.25, -0.2) is 29.9 Å². The molecule has 0 fully saturated rings. The standard InChI is InChI=1S/C24H30N7O5PS/c1-4-12-38-22-20-21(28-24(25)29-22)30(15-27-20)19-11-10-17(13-19)14-35-37(26,33)36-23(32)16(2)31(34-3)18-8-6-5-7-9-18/h4-11,15-17,19H,1,12-14H2,2-3H3,(H2,26,33)(H2,25,28,29)/t16-,17+,19-,37?/m0/s1. The van der Waals surface area contributed by atoms with E-state index in [0.29, 0.717) is 34.1 Å². The highest BCUT2D eigenvalue weighted by Gasteiger charge is 2.32. The molecule has 2 heterocycles. The highest BCUT2D eigenvalue weighted by molar-refractivity contribution is 7.99. The van der Waals surface area contributed by atoms with Gasteiger partial charge in [-0.3, -0.25) is 9.36 Å². The number of fused-ring (bicyclic) bond motifs is 1. The number of nitrogens with zero attached hydrogens (tertiary/aromatic N) is 5. The third kappa shape index (κ3) is 6.43. The van der Waals surface area contributed by atoms with Gasteiger partial charge >= 0.3 is 13.7 Å². The molecule has 14 heteroatoms. The molecule has 4 N–H and O–H groups in total. The van der Waals surface area contributed by atoms with E-state index in [0.717, 1.165) is 0 Å². The molecule has 0 bridgehead atoms. The number of rotatable bonds is 12. The number of hydroxylamine groups is 1. The zero-order valence-electron chi connectivity index (χ0n) is 21.0. The average molecular weight is 560 g/mol. The van der Waals surface area contributed by atoms with E-state index in [2.05, 4.69) is 21.5 Å². The summed E-state index contributed by atoms with van der Waals surface area (Å²) >= 11 is 1.48. The van der Waals surface area contributed by atoms with Crippen LogP contribution in [0.25, 0.3) is 11.2 Å². The molecular formula is C24H30N7O5PS. The summed E-state index contributed by atoms with van der Waals surface area (Å²) in [6, 6.07) is 7.96. The Kier molecular flexibility index (Phi) is 8.85. The summed E-state index contributed by atoms with van der Waals surface area (Å²) in [5.41, 5.74) is 13.6. The van der Waals surface area contributed by atoms with E-state index in [1.54, 1.807) is 43.6 Å². The second-order valence-electron chi connectivity index (χ2n) is 8.52. The van der Waals surface area contributed by atoms with Crippen LogP contribution in [0.4, 0.5) is 11.6 Å². The molecule has 1 aliphatic carbocycles. The topological polar surface area (TPSA) is 161 Å². The number of hydrogen-bond donors (Lipinski definition) is 2. The fourth-order valence-corrected chi connectivity index (χ4v) is 5.63. The third-order valence-corrected chi connectivity index (χ3v) is 7.74. The maximum atomic E-state index is 12.8. The van der Waals surface area contributed by atoms with E-state index in [1.165, 1.54) is 23.9 Å². The number of hydrogen-bond acceptors (Lipinski definition) is 11. The van der Waals surface area contributed by atoms with Crippen LogP contribution in [0.2, 0.25) is 0 Å². The van der Waals surface area contributed by atoms with Crippen LogP contribution < -0.4 is 16.3 Å². The molecule has 202 valence electrons. The quantitative estimate of drug-likeness (QED) is 0.108. The van der Waals surface area contributed by atoms with Crippen molar-refractivity contribution in [2.75, 3.05) is 30.3 Å². The van der Waals surface area contributed by atoms with E-state index in [9.17, 15) is 9.36 Å². The highest BCUT2D eigenvalue weighted by Crippen LogP contribution is 2.42. The van der Waals surface area contributed by atoms with Crippen molar-refractivity contribution >= 4 is 48.3 Å². The second kappa shape index (κ2) is 12.1. The minimum Gasteiger partial charge on any atom is -0.378 e. The maximum absolute atomic E-state index is 12.8. The van der Waals surface area contributed by atoms with Gasteiger partial charge in [-0.15, -0.1) is 6.58 Å². The molecule has 2 aromatic heterocycles. The first-order valence-electron chi connectivity index (χ1n) is 11.8. The first kappa shape index (κ1) is 27.8. The predicted molar refractivity (Wildman–Crippen MR) is 146 cm³/mol. The molecule has 0 spiro atoms. The van der Waals surface area contributed by atoms with Crippen LogP contribution in [-0.4, -0.2) is 51.0 Å². The number of allylic oxidation sites excluding steroid dienone is 1. The molecule has 1 aromatic carbocycles. The van der Waals surface area contributed by atoms with Crippen molar-refractivity contribution in [3.63, 3.8) is 0 Å². The molecule has 3 aromatic rings. The number of nitrogen functional groups attached to an aromatic ring is 1. The van der Waals surface area contributed by atoms with Crippen molar-refractivity contribution in [1.29, 1.82) is 0 Å². The van der Waals surface area contributed by atoms with Crippen molar-refractivity contribution < 1.29 is 23.2 Å². The molecule has 1 unspecified atom stereocenters. The number of anilines is 2. The molecule has 38 heavy (non-hydrogen) atoms. The predicted octanol–water partition coefficient (Wildman–Crippen LogP) is 3.89. The zero-order valence-corrected chi connectivity index (χ0v) is 22.8. The van der Waals surface area contributed by atoms with Crippen LogP contribution in [0, 0.1) is 5.92 Å². The van der Waals surface area contributed by atoms with Crippen LogP contribution in [0.1, 0.15) is 19.4 Å². The summed E-state index contributed by atoms with van der Waals surface area (Å²) < 4.78 is 25.1. The fraction of sp³-hybridized carbons (Fsp3) is 0.333. The smallest absolute Gasteiger partial charge is 0.378 e. The summed E-state index contributed by atoms with van der Waals surface area (Å²) in [7, 11) is -2.75. The molecule has 0 radical (unpaired) electrons.